The zero-order valence-electron chi connectivity index (χ0n) is 12.5. The molecule has 1 unspecified atom stereocenters. The minimum Gasteiger partial charge on any atom is -0.467 e. The first-order valence-electron chi connectivity index (χ1n) is 7.01. The van der Waals surface area contributed by atoms with Gasteiger partial charge >= 0.3 is 5.97 Å². The molecule has 0 N–H and O–H groups in total. The lowest BCUT2D eigenvalue weighted by Crippen LogP contribution is -2.37. The Labute approximate surface area is 131 Å². The monoisotopic (exact) mass is 324 g/mol. The van der Waals surface area contributed by atoms with Crippen molar-refractivity contribution < 1.29 is 18.3 Å². The predicted octanol–water partition coefficient (Wildman–Crippen LogP) is 2.80. The van der Waals surface area contributed by atoms with Crippen molar-refractivity contribution >= 4 is 17.3 Å². The number of ether oxygens (including phenoxy) is 1. The summed E-state index contributed by atoms with van der Waals surface area (Å²) in [6, 6.07) is 3.78. The lowest BCUT2D eigenvalue weighted by atomic mass is 10.1. The number of aryl methyl sites for hydroxylation is 1. The number of halogens is 1. The van der Waals surface area contributed by atoms with Gasteiger partial charge in [0.1, 0.15) is 5.76 Å². The van der Waals surface area contributed by atoms with Gasteiger partial charge in [-0.05, 0) is 19.1 Å². The smallest absolute Gasteiger partial charge is 0.345 e. The van der Waals surface area contributed by atoms with Crippen LogP contribution in [0.5, 0.6) is 0 Å². The molecule has 118 valence electrons. The van der Waals surface area contributed by atoms with Gasteiger partial charge < -0.3 is 9.15 Å². The summed E-state index contributed by atoms with van der Waals surface area (Å²) in [7, 11) is 1.22. The van der Waals surface area contributed by atoms with Gasteiger partial charge in [0, 0.05) is 37.1 Å². The fraction of sp³-hybridized carbons (Fsp3) is 0.467. The Balaban J connectivity index is 1.65. The summed E-state index contributed by atoms with van der Waals surface area (Å²) in [5, 5.41) is 0.807. The lowest BCUT2D eigenvalue weighted by Gasteiger charge is -2.17. The molecular formula is C15H17FN2O3S. The van der Waals surface area contributed by atoms with Crippen molar-refractivity contribution in [2.24, 2.45) is 0 Å². The highest BCUT2D eigenvalue weighted by Gasteiger charge is 2.46. The Hall–Kier alpha value is -1.73. The molecule has 0 spiro atoms. The molecule has 5 nitrogen and oxygen atoms in total. The van der Waals surface area contributed by atoms with Gasteiger partial charge in [-0.15, -0.1) is 11.3 Å². The van der Waals surface area contributed by atoms with Crippen LogP contribution in [0.2, 0.25) is 0 Å². The van der Waals surface area contributed by atoms with E-state index < -0.39 is 11.6 Å². The fourth-order valence-electron chi connectivity index (χ4n) is 2.60. The summed E-state index contributed by atoms with van der Waals surface area (Å²) in [4.78, 5) is 18.7. The number of rotatable bonds is 4. The maximum absolute atomic E-state index is 14.4. The van der Waals surface area contributed by atoms with Crippen LogP contribution in [-0.2, 0) is 16.1 Å². The SMILES string of the molecule is COC(=O)C1(F)CCN(Cc2cnc(-c3ccc(C)o3)s2)C1. The fourth-order valence-corrected chi connectivity index (χ4v) is 3.51. The number of furan rings is 1. The summed E-state index contributed by atoms with van der Waals surface area (Å²) >= 11 is 1.52. The van der Waals surface area contributed by atoms with Crippen LogP contribution in [0.4, 0.5) is 4.39 Å². The second-order valence-electron chi connectivity index (χ2n) is 5.46. The molecule has 0 aliphatic carbocycles. The van der Waals surface area contributed by atoms with Crippen molar-refractivity contribution in [3.63, 3.8) is 0 Å². The molecule has 2 aromatic rings. The number of aromatic nitrogens is 1. The molecule has 0 aromatic carbocycles. The second-order valence-corrected chi connectivity index (χ2v) is 6.57. The van der Waals surface area contributed by atoms with Crippen molar-refractivity contribution in [2.45, 2.75) is 25.6 Å². The summed E-state index contributed by atoms with van der Waals surface area (Å²) in [6.07, 6.45) is 1.94. The number of thiazole rings is 1. The Morgan fingerprint density at radius 1 is 1.59 bits per heavy atom. The van der Waals surface area contributed by atoms with Crippen LogP contribution in [0, 0.1) is 6.92 Å². The molecule has 22 heavy (non-hydrogen) atoms. The van der Waals surface area contributed by atoms with Gasteiger partial charge in [0.05, 0.1) is 7.11 Å². The van der Waals surface area contributed by atoms with E-state index in [-0.39, 0.29) is 13.0 Å². The third-order valence-electron chi connectivity index (χ3n) is 3.73. The normalized spacial score (nSPS) is 22.1. The topological polar surface area (TPSA) is 55.6 Å². The van der Waals surface area contributed by atoms with E-state index in [9.17, 15) is 9.18 Å². The third-order valence-corrected chi connectivity index (χ3v) is 4.73. The summed E-state index contributed by atoms with van der Waals surface area (Å²) in [6.45, 7) is 3.04. The maximum Gasteiger partial charge on any atom is 0.345 e. The highest BCUT2D eigenvalue weighted by molar-refractivity contribution is 7.14. The number of carbonyl (C=O) groups is 1. The van der Waals surface area contributed by atoms with Crippen LogP contribution in [-0.4, -0.2) is 41.7 Å². The van der Waals surface area contributed by atoms with Crippen molar-refractivity contribution in [1.29, 1.82) is 0 Å². The Bertz CT molecular complexity index is 684. The number of carbonyl (C=O) groups excluding carboxylic acids is 1. The van der Waals surface area contributed by atoms with Gasteiger partial charge in [-0.2, -0.15) is 0 Å². The number of alkyl halides is 1. The first kappa shape index (κ1) is 15.2. The molecule has 7 heteroatoms. The van der Waals surface area contributed by atoms with Crippen LogP contribution in [0.15, 0.2) is 22.7 Å². The molecular weight excluding hydrogens is 307 g/mol. The zero-order valence-corrected chi connectivity index (χ0v) is 13.3. The van der Waals surface area contributed by atoms with Crippen LogP contribution in [0.25, 0.3) is 10.8 Å². The number of likely N-dealkylation sites (tertiary alicyclic amines) is 1. The second kappa shape index (κ2) is 5.81. The average Bonchev–Trinajstić information content (AvgIpc) is 3.20. The van der Waals surface area contributed by atoms with E-state index in [2.05, 4.69) is 9.72 Å². The van der Waals surface area contributed by atoms with Crippen LogP contribution in [0.3, 0.4) is 0 Å². The molecule has 1 fully saturated rings. The van der Waals surface area contributed by atoms with Crippen LogP contribution in [0.1, 0.15) is 17.1 Å². The zero-order chi connectivity index (χ0) is 15.7. The minimum absolute atomic E-state index is 0.0623. The van der Waals surface area contributed by atoms with E-state index in [1.807, 2.05) is 24.0 Å². The number of nitrogens with zero attached hydrogens (tertiary/aromatic N) is 2. The van der Waals surface area contributed by atoms with Gasteiger partial charge in [-0.25, -0.2) is 14.2 Å². The Morgan fingerprint density at radius 2 is 2.41 bits per heavy atom. The molecule has 0 radical (unpaired) electrons. The number of hydrogen-bond donors (Lipinski definition) is 0. The van der Waals surface area contributed by atoms with Gasteiger partial charge in [0.15, 0.2) is 10.8 Å². The molecule has 3 rings (SSSR count). The molecule has 2 aromatic heterocycles. The molecule has 0 amide bonds. The molecule has 1 atom stereocenters. The largest absolute Gasteiger partial charge is 0.467 e. The van der Waals surface area contributed by atoms with E-state index in [1.165, 1.54) is 18.4 Å². The minimum atomic E-state index is -1.89. The van der Waals surface area contributed by atoms with Crippen LogP contribution >= 0.6 is 11.3 Å². The first-order chi connectivity index (χ1) is 10.5. The standard InChI is InChI=1S/C15H17FN2O3S/c1-10-3-4-12(21-10)13-17-7-11(22-13)8-18-6-5-15(16,9-18)14(19)20-2/h3-4,7H,5-6,8-9H2,1-2H3. The first-order valence-corrected chi connectivity index (χ1v) is 7.83. The number of methoxy groups -OCH3 is 1. The quantitative estimate of drug-likeness (QED) is 0.810. The average molecular weight is 324 g/mol. The lowest BCUT2D eigenvalue weighted by molar-refractivity contribution is -0.153. The summed E-state index contributed by atoms with van der Waals surface area (Å²) in [5.41, 5.74) is -1.89. The summed E-state index contributed by atoms with van der Waals surface area (Å²) < 4.78 is 24.5. The molecule has 0 saturated carbocycles. The number of esters is 1. The molecule has 1 aliphatic rings. The van der Waals surface area contributed by atoms with Crippen molar-refractivity contribution in [3.8, 4) is 10.8 Å². The predicted molar refractivity (Wildman–Crippen MR) is 80.3 cm³/mol. The van der Waals surface area contributed by atoms with Gasteiger partial charge in [-0.3, -0.25) is 4.90 Å². The molecule has 3 heterocycles. The van der Waals surface area contributed by atoms with Crippen molar-refractivity contribution in [2.75, 3.05) is 20.2 Å². The van der Waals surface area contributed by atoms with Gasteiger partial charge in [0.25, 0.3) is 0 Å². The number of hydrogen-bond acceptors (Lipinski definition) is 6. The van der Waals surface area contributed by atoms with E-state index in [1.54, 1.807) is 6.20 Å². The molecule has 1 saturated heterocycles. The summed E-state index contributed by atoms with van der Waals surface area (Å²) in [5.74, 6) is 0.794. The van der Waals surface area contributed by atoms with E-state index >= 15 is 0 Å². The van der Waals surface area contributed by atoms with Crippen molar-refractivity contribution in [1.82, 2.24) is 9.88 Å². The molecule has 0 bridgehead atoms. The third kappa shape index (κ3) is 2.91. The Morgan fingerprint density at radius 3 is 3.09 bits per heavy atom. The highest BCUT2D eigenvalue weighted by atomic mass is 32.1. The molecule has 1 aliphatic heterocycles. The Kier molecular flexibility index (Phi) is 4.01. The van der Waals surface area contributed by atoms with E-state index in [0.717, 1.165) is 21.4 Å². The van der Waals surface area contributed by atoms with Gasteiger partial charge in [0.2, 0.25) is 5.67 Å². The van der Waals surface area contributed by atoms with Gasteiger partial charge in [-0.1, -0.05) is 0 Å². The van der Waals surface area contributed by atoms with Crippen molar-refractivity contribution in [3.05, 3.63) is 29.0 Å². The maximum atomic E-state index is 14.4. The van der Waals surface area contributed by atoms with E-state index in [4.69, 9.17) is 4.42 Å². The van der Waals surface area contributed by atoms with Crippen LogP contribution < -0.4 is 0 Å². The van der Waals surface area contributed by atoms with E-state index in [0.29, 0.717) is 13.1 Å². The highest BCUT2D eigenvalue weighted by Crippen LogP contribution is 2.31.